The fraction of sp³-hybridized carbons (Fsp3) is 0.333. The molecule has 4 heterocycles. The van der Waals surface area contributed by atoms with Crippen LogP contribution in [0, 0.1) is 0 Å². The van der Waals surface area contributed by atoms with Gasteiger partial charge in [-0.05, 0) is 19.1 Å². The Morgan fingerprint density at radius 2 is 1.89 bits per heavy atom. The van der Waals surface area contributed by atoms with Gasteiger partial charge in [-0.1, -0.05) is 18.5 Å². The Kier molecular flexibility index (Phi) is 6.72. The monoisotopic (exact) mass is 518 g/mol. The second-order valence-corrected chi connectivity index (χ2v) is 10.7. The molecule has 1 N–H and O–H groups in total. The van der Waals surface area contributed by atoms with Crippen molar-refractivity contribution in [2.24, 2.45) is 7.05 Å². The molecule has 35 heavy (non-hydrogen) atoms. The third-order valence-electron chi connectivity index (χ3n) is 5.66. The van der Waals surface area contributed by atoms with Crippen LogP contribution < -0.4 is 10.3 Å². The van der Waals surface area contributed by atoms with Crippen molar-refractivity contribution >= 4 is 21.4 Å². The molecule has 0 fully saturated rings. The second-order valence-electron chi connectivity index (χ2n) is 7.93. The molecule has 0 radical (unpaired) electrons. The number of methoxy groups -OCH3 is 1. The summed E-state index contributed by atoms with van der Waals surface area (Å²) in [5.74, 6) is -0.214. The van der Waals surface area contributed by atoms with E-state index in [0.29, 0.717) is 16.5 Å². The summed E-state index contributed by atoms with van der Waals surface area (Å²) in [6, 6.07) is 3.24. The highest BCUT2D eigenvalue weighted by molar-refractivity contribution is 7.91. The van der Waals surface area contributed by atoms with E-state index in [1.165, 1.54) is 30.3 Å². The van der Waals surface area contributed by atoms with E-state index in [4.69, 9.17) is 16.3 Å². The fourth-order valence-electron chi connectivity index (χ4n) is 3.56. The predicted molar refractivity (Wildman–Crippen MR) is 128 cm³/mol. The number of aromatic nitrogens is 8. The lowest BCUT2D eigenvalue weighted by Crippen LogP contribution is -2.28. The first kappa shape index (κ1) is 24.5. The minimum atomic E-state index is -3.81. The topological polar surface area (TPSA) is 151 Å². The first-order valence-electron chi connectivity index (χ1n) is 10.5. The SMILES string of the molecule is COc1cc[nH]c(=O)c1-n1c(CS(=O)(=O)[C@@H](C)[C@H](C)c2ncc(Cl)cn2)nnc1-c1ccn(C)n1. The summed E-state index contributed by atoms with van der Waals surface area (Å²) in [7, 11) is -0.671. The van der Waals surface area contributed by atoms with Crippen LogP contribution in [0.3, 0.4) is 0 Å². The Labute approximate surface area is 205 Å². The minimum Gasteiger partial charge on any atom is -0.494 e. The van der Waals surface area contributed by atoms with Crippen molar-refractivity contribution in [3.8, 4) is 23.0 Å². The van der Waals surface area contributed by atoms with E-state index < -0.39 is 32.3 Å². The number of H-pyrrole nitrogens is 1. The van der Waals surface area contributed by atoms with Crippen LogP contribution in [-0.2, 0) is 22.6 Å². The van der Waals surface area contributed by atoms with Gasteiger partial charge in [-0.3, -0.25) is 14.0 Å². The summed E-state index contributed by atoms with van der Waals surface area (Å²) < 4.78 is 35.2. The number of nitrogens with one attached hydrogen (secondary N) is 1. The Morgan fingerprint density at radius 1 is 1.17 bits per heavy atom. The van der Waals surface area contributed by atoms with Gasteiger partial charge in [0.15, 0.2) is 27.2 Å². The average Bonchev–Trinajstić information content (AvgIpc) is 3.43. The Bertz CT molecular complexity index is 1510. The lowest BCUT2D eigenvalue weighted by atomic mass is 10.1. The maximum absolute atomic E-state index is 13.5. The van der Waals surface area contributed by atoms with Crippen LogP contribution in [0.1, 0.15) is 31.4 Å². The molecule has 0 saturated carbocycles. The molecule has 12 nitrogen and oxygen atoms in total. The van der Waals surface area contributed by atoms with Gasteiger partial charge < -0.3 is 9.72 Å². The second kappa shape index (κ2) is 9.58. The summed E-state index contributed by atoms with van der Waals surface area (Å²) in [5.41, 5.74) is -0.0477. The van der Waals surface area contributed by atoms with E-state index in [0.717, 1.165) is 0 Å². The van der Waals surface area contributed by atoms with Gasteiger partial charge >= 0.3 is 0 Å². The normalized spacial score (nSPS) is 13.5. The minimum absolute atomic E-state index is 0.0386. The number of sulfone groups is 1. The van der Waals surface area contributed by atoms with Crippen molar-refractivity contribution in [1.82, 2.24) is 39.5 Å². The van der Waals surface area contributed by atoms with E-state index in [9.17, 15) is 13.2 Å². The van der Waals surface area contributed by atoms with Crippen LogP contribution >= 0.6 is 11.6 Å². The highest BCUT2D eigenvalue weighted by Gasteiger charge is 2.33. The van der Waals surface area contributed by atoms with Gasteiger partial charge in [-0.25, -0.2) is 18.4 Å². The maximum atomic E-state index is 13.5. The first-order chi connectivity index (χ1) is 16.6. The van der Waals surface area contributed by atoms with E-state index in [-0.39, 0.29) is 23.1 Å². The lowest BCUT2D eigenvalue weighted by molar-refractivity contribution is 0.411. The van der Waals surface area contributed by atoms with Crippen molar-refractivity contribution in [3.05, 3.63) is 63.9 Å². The van der Waals surface area contributed by atoms with E-state index in [1.807, 2.05) is 0 Å². The van der Waals surface area contributed by atoms with Crippen LogP contribution in [0.25, 0.3) is 17.2 Å². The van der Waals surface area contributed by atoms with Crippen molar-refractivity contribution in [2.75, 3.05) is 7.11 Å². The Hall–Kier alpha value is -3.58. The molecule has 4 aromatic heterocycles. The molecule has 0 bridgehead atoms. The lowest BCUT2D eigenvalue weighted by Gasteiger charge is -2.19. The van der Waals surface area contributed by atoms with Gasteiger partial charge in [0, 0.05) is 37.8 Å². The molecular formula is C21H23ClN8O4S. The maximum Gasteiger partial charge on any atom is 0.276 e. The van der Waals surface area contributed by atoms with Gasteiger partial charge in [0.2, 0.25) is 0 Å². The predicted octanol–water partition coefficient (Wildman–Crippen LogP) is 1.92. The van der Waals surface area contributed by atoms with Gasteiger partial charge in [0.1, 0.15) is 23.0 Å². The largest absolute Gasteiger partial charge is 0.494 e. The van der Waals surface area contributed by atoms with E-state index in [1.54, 1.807) is 43.9 Å². The molecule has 4 aromatic rings. The molecule has 184 valence electrons. The highest BCUT2D eigenvalue weighted by Crippen LogP contribution is 2.29. The third kappa shape index (κ3) is 4.82. The number of rotatable bonds is 8. The Morgan fingerprint density at radius 3 is 2.51 bits per heavy atom. The van der Waals surface area contributed by atoms with Crippen molar-refractivity contribution in [1.29, 1.82) is 0 Å². The quantitative estimate of drug-likeness (QED) is 0.368. The van der Waals surface area contributed by atoms with Gasteiger partial charge in [-0.15, -0.1) is 10.2 Å². The number of ether oxygens (including phenoxy) is 1. The standard InChI is InChI=1S/C21H23ClN8O4S/c1-12(19-24-9-14(22)10-25-19)13(2)35(32,33)11-17-26-27-20(15-6-8-29(3)28-15)30(17)18-16(34-4)5-7-23-21(18)31/h5-10,12-13H,11H2,1-4H3,(H,23,31)/t12-,13-/m0/s1. The average molecular weight is 519 g/mol. The van der Waals surface area contributed by atoms with Crippen LogP contribution in [0.2, 0.25) is 5.02 Å². The molecule has 0 unspecified atom stereocenters. The molecule has 0 spiro atoms. The molecule has 2 atom stereocenters. The van der Waals surface area contributed by atoms with E-state index in [2.05, 4.69) is 30.2 Å². The molecule has 0 amide bonds. The van der Waals surface area contributed by atoms with Crippen molar-refractivity contribution in [2.45, 2.75) is 30.8 Å². The molecular weight excluding hydrogens is 496 g/mol. The molecule has 14 heteroatoms. The summed E-state index contributed by atoms with van der Waals surface area (Å²) in [5, 5.41) is 12.1. The van der Waals surface area contributed by atoms with Crippen molar-refractivity contribution < 1.29 is 13.2 Å². The van der Waals surface area contributed by atoms with Gasteiger partial charge in [0.05, 0.1) is 17.4 Å². The number of hydrogen-bond donors (Lipinski definition) is 1. The van der Waals surface area contributed by atoms with Gasteiger partial charge in [0.25, 0.3) is 5.56 Å². The van der Waals surface area contributed by atoms with Gasteiger partial charge in [-0.2, -0.15) is 5.10 Å². The zero-order valence-corrected chi connectivity index (χ0v) is 20.9. The molecule has 0 aliphatic carbocycles. The molecule has 0 aliphatic rings. The molecule has 0 aromatic carbocycles. The highest BCUT2D eigenvalue weighted by atomic mass is 35.5. The number of hydrogen-bond acceptors (Lipinski definition) is 9. The van der Waals surface area contributed by atoms with E-state index >= 15 is 0 Å². The smallest absolute Gasteiger partial charge is 0.276 e. The molecule has 0 saturated heterocycles. The summed E-state index contributed by atoms with van der Waals surface area (Å²) in [6.07, 6.45) is 5.97. The zero-order chi connectivity index (χ0) is 25.3. The molecule has 0 aliphatic heterocycles. The fourth-order valence-corrected chi connectivity index (χ4v) is 5.21. The number of aryl methyl sites for hydroxylation is 1. The zero-order valence-electron chi connectivity index (χ0n) is 19.4. The summed E-state index contributed by atoms with van der Waals surface area (Å²) >= 11 is 5.85. The summed E-state index contributed by atoms with van der Waals surface area (Å²) in [6.45, 7) is 3.30. The number of nitrogens with zero attached hydrogens (tertiary/aromatic N) is 7. The number of aromatic amines is 1. The van der Waals surface area contributed by atoms with Crippen LogP contribution in [0.5, 0.6) is 5.75 Å². The summed E-state index contributed by atoms with van der Waals surface area (Å²) in [4.78, 5) is 23.7. The molecule has 4 rings (SSSR count). The first-order valence-corrected chi connectivity index (χ1v) is 12.6. The van der Waals surface area contributed by atoms with Crippen LogP contribution in [0.4, 0.5) is 0 Å². The van der Waals surface area contributed by atoms with Crippen LogP contribution in [-0.4, -0.2) is 60.3 Å². The number of halogens is 1. The van der Waals surface area contributed by atoms with Crippen LogP contribution in [0.15, 0.2) is 41.7 Å². The number of pyridine rings is 1. The third-order valence-corrected chi connectivity index (χ3v) is 8.06. The van der Waals surface area contributed by atoms with Crippen molar-refractivity contribution in [3.63, 3.8) is 0 Å². The Balaban J connectivity index is 1.80.